The molecule has 1 aromatic rings. The molecule has 0 atom stereocenters. The highest BCUT2D eigenvalue weighted by molar-refractivity contribution is 5.72. The summed E-state index contributed by atoms with van der Waals surface area (Å²) in [6.07, 6.45) is 3.15. The van der Waals surface area contributed by atoms with Gasteiger partial charge >= 0.3 is 0 Å². The summed E-state index contributed by atoms with van der Waals surface area (Å²) in [5, 5.41) is 3.58. The lowest BCUT2D eigenvalue weighted by Crippen LogP contribution is -2.36. The number of anilines is 2. The number of methoxy groups -OCH3 is 2. The molecule has 0 aliphatic carbocycles. The molecule has 0 aromatic heterocycles. The summed E-state index contributed by atoms with van der Waals surface area (Å²) in [7, 11) is 3.24. The molecule has 0 unspecified atom stereocenters. The van der Waals surface area contributed by atoms with Crippen LogP contribution in [-0.4, -0.2) is 19.8 Å². The highest BCUT2D eigenvalue weighted by Gasteiger charge is 2.24. The van der Waals surface area contributed by atoms with E-state index in [1.807, 2.05) is 6.07 Å². The van der Waals surface area contributed by atoms with Gasteiger partial charge in [0, 0.05) is 17.7 Å². The summed E-state index contributed by atoms with van der Waals surface area (Å²) in [4.78, 5) is 0. The summed E-state index contributed by atoms with van der Waals surface area (Å²) in [6.45, 7) is 6.57. The maximum Gasteiger partial charge on any atom is 0.162 e. The maximum atomic E-state index is 6.09. The van der Waals surface area contributed by atoms with E-state index in [2.05, 4.69) is 26.1 Å². The molecule has 0 saturated carbocycles. The highest BCUT2D eigenvalue weighted by atomic mass is 16.5. The fourth-order valence-electron chi connectivity index (χ4n) is 2.30. The second-order valence-electron chi connectivity index (χ2n) is 4.76. The van der Waals surface area contributed by atoms with Crippen LogP contribution in [-0.2, 0) is 0 Å². The van der Waals surface area contributed by atoms with Crippen molar-refractivity contribution in [2.75, 3.05) is 25.3 Å². The summed E-state index contributed by atoms with van der Waals surface area (Å²) < 4.78 is 10.6. The zero-order valence-corrected chi connectivity index (χ0v) is 12.7. The van der Waals surface area contributed by atoms with Gasteiger partial charge in [0.25, 0.3) is 0 Å². The first kappa shape index (κ1) is 15.5. The number of hydrogen-bond acceptors (Lipinski definition) is 4. The number of ether oxygens (including phenoxy) is 2. The van der Waals surface area contributed by atoms with Gasteiger partial charge < -0.3 is 20.5 Å². The van der Waals surface area contributed by atoms with E-state index in [0.717, 1.165) is 24.9 Å². The van der Waals surface area contributed by atoms with Crippen molar-refractivity contribution < 1.29 is 9.47 Å². The van der Waals surface area contributed by atoms with Crippen LogP contribution in [0, 0.1) is 0 Å². The molecule has 0 heterocycles. The van der Waals surface area contributed by atoms with Crippen molar-refractivity contribution >= 4 is 11.4 Å². The Kier molecular flexibility index (Phi) is 5.33. The van der Waals surface area contributed by atoms with E-state index in [-0.39, 0.29) is 5.54 Å². The number of rotatable bonds is 7. The topological polar surface area (TPSA) is 56.5 Å². The van der Waals surface area contributed by atoms with Crippen molar-refractivity contribution in [3.63, 3.8) is 0 Å². The molecule has 0 saturated heterocycles. The number of hydrogen-bond donors (Lipinski definition) is 2. The van der Waals surface area contributed by atoms with Gasteiger partial charge in [0.05, 0.1) is 25.6 Å². The lowest BCUT2D eigenvalue weighted by Gasteiger charge is -2.33. The molecule has 0 spiro atoms. The van der Waals surface area contributed by atoms with Gasteiger partial charge in [0.1, 0.15) is 0 Å². The Bertz CT molecular complexity index is 407. The van der Waals surface area contributed by atoms with Crippen molar-refractivity contribution in [2.24, 2.45) is 0 Å². The van der Waals surface area contributed by atoms with Gasteiger partial charge in [-0.3, -0.25) is 0 Å². The molecule has 19 heavy (non-hydrogen) atoms. The molecule has 3 N–H and O–H groups in total. The Morgan fingerprint density at radius 1 is 1.00 bits per heavy atom. The number of benzene rings is 1. The van der Waals surface area contributed by atoms with Crippen molar-refractivity contribution in [3.05, 3.63) is 12.1 Å². The van der Waals surface area contributed by atoms with E-state index < -0.39 is 0 Å². The molecule has 4 heteroatoms. The normalized spacial score (nSPS) is 11.2. The Morgan fingerprint density at radius 2 is 1.47 bits per heavy atom. The van der Waals surface area contributed by atoms with Crippen LogP contribution in [0.5, 0.6) is 11.5 Å². The predicted octanol–water partition coefficient (Wildman–Crippen LogP) is 3.67. The molecule has 0 fully saturated rings. The van der Waals surface area contributed by atoms with Crippen LogP contribution < -0.4 is 20.5 Å². The fourth-order valence-corrected chi connectivity index (χ4v) is 2.30. The van der Waals surface area contributed by atoms with Crippen molar-refractivity contribution in [2.45, 2.75) is 45.6 Å². The smallest absolute Gasteiger partial charge is 0.162 e. The lowest BCUT2D eigenvalue weighted by atomic mass is 9.89. The van der Waals surface area contributed by atoms with Crippen molar-refractivity contribution in [1.82, 2.24) is 0 Å². The largest absolute Gasteiger partial charge is 0.493 e. The van der Waals surface area contributed by atoms with E-state index in [9.17, 15) is 0 Å². The molecule has 1 rings (SSSR count). The Morgan fingerprint density at radius 3 is 1.89 bits per heavy atom. The van der Waals surface area contributed by atoms with Gasteiger partial charge in [-0.2, -0.15) is 0 Å². The van der Waals surface area contributed by atoms with Crippen LogP contribution >= 0.6 is 0 Å². The van der Waals surface area contributed by atoms with Gasteiger partial charge in [-0.05, 0) is 19.3 Å². The van der Waals surface area contributed by atoms with E-state index >= 15 is 0 Å². The van der Waals surface area contributed by atoms with Crippen LogP contribution in [0.15, 0.2) is 12.1 Å². The second-order valence-corrected chi connectivity index (χ2v) is 4.76. The molecule has 0 amide bonds. The molecule has 1 aromatic carbocycles. The summed E-state index contributed by atoms with van der Waals surface area (Å²) in [5.41, 5.74) is 7.75. The fraction of sp³-hybridized carbons (Fsp3) is 0.600. The predicted molar refractivity (Wildman–Crippen MR) is 81.2 cm³/mol. The minimum absolute atomic E-state index is 0.0771. The first-order chi connectivity index (χ1) is 9.05. The number of nitrogens with two attached hydrogens (primary N) is 1. The quantitative estimate of drug-likeness (QED) is 0.739. The minimum atomic E-state index is 0.0771. The third-order valence-electron chi connectivity index (χ3n) is 3.99. The number of nitrogens with one attached hydrogen (secondary N) is 1. The first-order valence-electron chi connectivity index (χ1n) is 6.85. The third kappa shape index (κ3) is 3.25. The molecule has 4 nitrogen and oxygen atoms in total. The van der Waals surface area contributed by atoms with E-state index in [1.54, 1.807) is 20.3 Å². The van der Waals surface area contributed by atoms with Crippen molar-refractivity contribution in [1.29, 1.82) is 0 Å². The zero-order valence-electron chi connectivity index (χ0n) is 12.7. The molecule has 0 bridgehead atoms. The van der Waals surface area contributed by atoms with Gasteiger partial charge in [-0.15, -0.1) is 0 Å². The zero-order chi connectivity index (χ0) is 14.5. The summed E-state index contributed by atoms with van der Waals surface area (Å²) in [5.74, 6) is 1.34. The van der Waals surface area contributed by atoms with Crippen LogP contribution in [0.2, 0.25) is 0 Å². The van der Waals surface area contributed by atoms with E-state index in [1.165, 1.54) is 0 Å². The molecular weight excluding hydrogens is 240 g/mol. The third-order valence-corrected chi connectivity index (χ3v) is 3.99. The standard InChI is InChI=1S/C15H26N2O2/c1-6-15(7-2,8-3)17-12-10-14(19-5)13(18-4)9-11(12)16/h9-10,17H,6-8,16H2,1-5H3. The molecule has 0 radical (unpaired) electrons. The van der Waals surface area contributed by atoms with Crippen LogP contribution in [0.4, 0.5) is 11.4 Å². The molecular formula is C15H26N2O2. The average Bonchev–Trinajstić information content (AvgIpc) is 2.46. The second kappa shape index (κ2) is 6.55. The van der Waals surface area contributed by atoms with Gasteiger partial charge in [0.2, 0.25) is 0 Å². The maximum absolute atomic E-state index is 6.09. The molecule has 0 aliphatic heterocycles. The van der Waals surface area contributed by atoms with Crippen molar-refractivity contribution in [3.8, 4) is 11.5 Å². The summed E-state index contributed by atoms with van der Waals surface area (Å²) in [6, 6.07) is 3.71. The minimum Gasteiger partial charge on any atom is -0.493 e. The van der Waals surface area contributed by atoms with E-state index in [4.69, 9.17) is 15.2 Å². The monoisotopic (exact) mass is 266 g/mol. The van der Waals surface area contributed by atoms with Gasteiger partial charge in [-0.1, -0.05) is 20.8 Å². The van der Waals surface area contributed by atoms with Crippen LogP contribution in [0.25, 0.3) is 0 Å². The van der Waals surface area contributed by atoms with Gasteiger partial charge in [0.15, 0.2) is 11.5 Å². The Balaban J connectivity index is 3.13. The lowest BCUT2D eigenvalue weighted by molar-refractivity contribution is 0.355. The summed E-state index contributed by atoms with van der Waals surface area (Å²) >= 11 is 0. The van der Waals surface area contributed by atoms with Crippen LogP contribution in [0.3, 0.4) is 0 Å². The Labute approximate surface area is 116 Å². The Hall–Kier alpha value is -1.58. The van der Waals surface area contributed by atoms with Crippen LogP contribution in [0.1, 0.15) is 40.0 Å². The highest BCUT2D eigenvalue weighted by Crippen LogP contribution is 2.37. The van der Waals surface area contributed by atoms with Gasteiger partial charge in [-0.25, -0.2) is 0 Å². The molecule has 108 valence electrons. The SMILES string of the molecule is CCC(CC)(CC)Nc1cc(OC)c(OC)cc1N. The molecule has 0 aliphatic rings. The number of nitrogen functional groups attached to an aromatic ring is 1. The van der Waals surface area contributed by atoms with E-state index in [0.29, 0.717) is 17.2 Å². The first-order valence-corrected chi connectivity index (χ1v) is 6.85. The average molecular weight is 266 g/mol.